The van der Waals surface area contributed by atoms with Crippen LogP contribution >= 0.6 is 0 Å². The van der Waals surface area contributed by atoms with Crippen molar-refractivity contribution in [3.63, 3.8) is 0 Å². The van der Waals surface area contributed by atoms with E-state index < -0.39 is 0 Å². The highest BCUT2D eigenvalue weighted by Gasteiger charge is 2.20. The van der Waals surface area contributed by atoms with Gasteiger partial charge in [0.1, 0.15) is 11.2 Å². The van der Waals surface area contributed by atoms with Gasteiger partial charge >= 0.3 is 0 Å². The average molecular weight is 793 g/mol. The van der Waals surface area contributed by atoms with Crippen molar-refractivity contribution in [1.29, 1.82) is 0 Å². The Morgan fingerprint density at radius 2 is 0.806 bits per heavy atom. The predicted molar refractivity (Wildman–Crippen MR) is 254 cm³/mol. The van der Waals surface area contributed by atoms with E-state index in [1.807, 2.05) is 24.3 Å². The molecule has 9 aromatic carbocycles. The molecule has 0 aliphatic carbocycles. The molecule has 12 rings (SSSR count). The molecule has 0 aliphatic heterocycles. The molecule has 0 radical (unpaired) electrons. The Labute approximate surface area is 357 Å². The highest BCUT2D eigenvalue weighted by Crippen LogP contribution is 2.40. The first-order valence-electron chi connectivity index (χ1n) is 20.8. The molecule has 0 aliphatic rings. The number of fused-ring (bicyclic) bond motifs is 6. The van der Waals surface area contributed by atoms with Crippen LogP contribution in [0.4, 0.5) is 0 Å². The van der Waals surface area contributed by atoms with Crippen LogP contribution in [0.5, 0.6) is 0 Å². The monoisotopic (exact) mass is 792 g/mol. The molecule has 0 saturated heterocycles. The third kappa shape index (κ3) is 6.14. The normalized spacial score (nSPS) is 11.5. The largest absolute Gasteiger partial charge is 0.456 e. The lowest BCUT2D eigenvalue weighted by Crippen LogP contribution is -2.00. The number of aromatic nitrogens is 4. The van der Waals surface area contributed by atoms with Crippen LogP contribution in [-0.2, 0) is 0 Å². The number of hydrogen-bond donors (Lipinski definition) is 0. The van der Waals surface area contributed by atoms with Gasteiger partial charge in [0.25, 0.3) is 0 Å². The van der Waals surface area contributed by atoms with Crippen molar-refractivity contribution >= 4 is 43.7 Å². The minimum Gasteiger partial charge on any atom is -0.456 e. The van der Waals surface area contributed by atoms with Gasteiger partial charge in [-0.25, -0.2) is 15.0 Å². The molecule has 3 heterocycles. The Kier molecular flexibility index (Phi) is 8.42. The minimum atomic E-state index is 0.582. The number of nitrogens with zero attached hydrogens (tertiary/aromatic N) is 4. The average Bonchev–Trinajstić information content (AvgIpc) is 3.90. The van der Waals surface area contributed by atoms with Crippen LogP contribution in [0.2, 0.25) is 0 Å². The van der Waals surface area contributed by atoms with Gasteiger partial charge < -0.3 is 8.98 Å². The summed E-state index contributed by atoms with van der Waals surface area (Å²) >= 11 is 0. The van der Waals surface area contributed by atoms with Crippen molar-refractivity contribution in [2.24, 2.45) is 0 Å². The maximum absolute atomic E-state index is 6.71. The molecule has 0 fully saturated rings. The van der Waals surface area contributed by atoms with E-state index in [1.54, 1.807) is 0 Å². The fourth-order valence-electron chi connectivity index (χ4n) is 8.84. The zero-order valence-corrected chi connectivity index (χ0v) is 33.5. The minimum absolute atomic E-state index is 0.582. The molecule has 0 atom stereocenters. The van der Waals surface area contributed by atoms with Crippen molar-refractivity contribution in [3.05, 3.63) is 218 Å². The SMILES string of the molecule is c1ccc(-c2ccc(-c3nc(-c4ccc(-c5ccccc5)cc4)nc(-c4cccc5oc6cc(-n7c8ccccc8c8cc(-c9ccccc9)ccc87)ccc6c45)n3)cc2)cc1. The maximum Gasteiger partial charge on any atom is 0.164 e. The Hall–Kier alpha value is -8.41. The molecule has 12 aromatic rings. The summed E-state index contributed by atoms with van der Waals surface area (Å²) in [4.78, 5) is 15.5. The summed E-state index contributed by atoms with van der Waals surface area (Å²) in [5.41, 5.74) is 14.5. The lowest BCUT2D eigenvalue weighted by Gasteiger charge is -2.11. The van der Waals surface area contributed by atoms with Crippen molar-refractivity contribution in [2.75, 3.05) is 0 Å². The zero-order chi connectivity index (χ0) is 41.0. The second kappa shape index (κ2) is 14.7. The molecular weight excluding hydrogens is 757 g/mol. The van der Waals surface area contributed by atoms with E-state index in [9.17, 15) is 0 Å². The van der Waals surface area contributed by atoms with Gasteiger partial charge in [0.15, 0.2) is 17.5 Å². The first-order valence-corrected chi connectivity index (χ1v) is 20.8. The van der Waals surface area contributed by atoms with E-state index in [2.05, 4.69) is 199 Å². The van der Waals surface area contributed by atoms with Crippen molar-refractivity contribution in [3.8, 4) is 73.2 Å². The number of para-hydroxylation sites is 1. The standard InChI is InChI=1S/C57H36N4O/c1-4-13-37(14-5-1)40-23-27-42(28-24-40)55-58-56(43-29-25-41(26-30-43)38-15-6-2-7-16-38)60-57(59-55)48-20-12-22-52-54(48)47-33-32-45(36-53(47)62-52)61-50-21-11-10-19-46(50)49-35-44(31-34-51(49)61)39-17-8-3-9-18-39/h1-36H. The van der Waals surface area contributed by atoms with E-state index in [1.165, 1.54) is 21.9 Å². The van der Waals surface area contributed by atoms with Crippen LogP contribution in [0.15, 0.2) is 223 Å². The molecule has 0 amide bonds. The first-order chi connectivity index (χ1) is 30.7. The van der Waals surface area contributed by atoms with Gasteiger partial charge in [0.2, 0.25) is 0 Å². The summed E-state index contributed by atoms with van der Waals surface area (Å²) in [6.45, 7) is 0. The van der Waals surface area contributed by atoms with Crippen LogP contribution in [0.1, 0.15) is 0 Å². The summed E-state index contributed by atoms with van der Waals surface area (Å²) in [7, 11) is 0. The smallest absolute Gasteiger partial charge is 0.164 e. The van der Waals surface area contributed by atoms with Crippen molar-refractivity contribution in [1.82, 2.24) is 19.5 Å². The first kappa shape index (κ1) is 35.5. The summed E-state index contributed by atoms with van der Waals surface area (Å²) in [6, 6.07) is 76.3. The summed E-state index contributed by atoms with van der Waals surface area (Å²) in [6.07, 6.45) is 0. The molecular formula is C57H36N4O. The Bertz CT molecular complexity index is 3490. The zero-order valence-electron chi connectivity index (χ0n) is 33.5. The van der Waals surface area contributed by atoms with Crippen molar-refractivity contribution < 1.29 is 4.42 Å². The Morgan fingerprint density at radius 3 is 1.44 bits per heavy atom. The van der Waals surface area contributed by atoms with E-state index in [0.29, 0.717) is 17.5 Å². The van der Waals surface area contributed by atoms with Gasteiger partial charge in [-0.2, -0.15) is 0 Å². The third-order valence-electron chi connectivity index (χ3n) is 11.9. The van der Waals surface area contributed by atoms with Crippen LogP contribution < -0.4 is 0 Å². The van der Waals surface area contributed by atoms with Crippen LogP contribution in [0, 0.1) is 0 Å². The lowest BCUT2D eigenvalue weighted by atomic mass is 10.0. The lowest BCUT2D eigenvalue weighted by molar-refractivity contribution is 0.668. The molecule has 62 heavy (non-hydrogen) atoms. The van der Waals surface area contributed by atoms with Gasteiger partial charge in [-0.15, -0.1) is 0 Å². The highest BCUT2D eigenvalue weighted by atomic mass is 16.3. The molecule has 290 valence electrons. The summed E-state index contributed by atoms with van der Waals surface area (Å²) < 4.78 is 9.05. The van der Waals surface area contributed by atoms with E-state index in [-0.39, 0.29) is 0 Å². The Balaban J connectivity index is 0.994. The molecule has 5 nitrogen and oxygen atoms in total. The number of benzene rings is 9. The van der Waals surface area contributed by atoms with Gasteiger partial charge in [0, 0.05) is 50.0 Å². The topological polar surface area (TPSA) is 56.7 Å². The second-order valence-corrected chi connectivity index (χ2v) is 15.6. The molecule has 0 unspecified atom stereocenters. The number of furan rings is 1. The van der Waals surface area contributed by atoms with Gasteiger partial charge in [-0.3, -0.25) is 0 Å². The van der Waals surface area contributed by atoms with Crippen LogP contribution in [-0.4, -0.2) is 19.5 Å². The molecule has 0 bridgehead atoms. The van der Waals surface area contributed by atoms with Gasteiger partial charge in [-0.1, -0.05) is 176 Å². The maximum atomic E-state index is 6.71. The quantitative estimate of drug-likeness (QED) is 0.161. The fraction of sp³-hybridized carbons (Fsp3) is 0. The molecule has 5 heteroatoms. The second-order valence-electron chi connectivity index (χ2n) is 15.6. The highest BCUT2D eigenvalue weighted by molar-refractivity contribution is 6.13. The fourth-order valence-corrected chi connectivity index (χ4v) is 8.84. The van der Waals surface area contributed by atoms with Crippen LogP contribution in [0.25, 0.3) is 117 Å². The number of rotatable bonds is 7. The summed E-state index contributed by atoms with van der Waals surface area (Å²) in [5.74, 6) is 1.79. The number of hydrogen-bond acceptors (Lipinski definition) is 4. The molecule has 0 spiro atoms. The van der Waals surface area contributed by atoms with E-state index >= 15 is 0 Å². The van der Waals surface area contributed by atoms with E-state index in [4.69, 9.17) is 19.4 Å². The van der Waals surface area contributed by atoms with Crippen LogP contribution in [0.3, 0.4) is 0 Å². The molecule has 0 N–H and O–H groups in total. The predicted octanol–water partition coefficient (Wildman–Crippen LogP) is 14.9. The van der Waals surface area contributed by atoms with Gasteiger partial charge in [-0.05, 0) is 69.8 Å². The van der Waals surface area contributed by atoms with Gasteiger partial charge in [0.05, 0.1) is 11.0 Å². The van der Waals surface area contributed by atoms with E-state index in [0.717, 1.165) is 77.6 Å². The Morgan fingerprint density at radius 1 is 0.306 bits per heavy atom. The molecule has 0 saturated carbocycles. The molecule has 3 aromatic heterocycles. The third-order valence-corrected chi connectivity index (χ3v) is 11.9. The van der Waals surface area contributed by atoms with Crippen molar-refractivity contribution in [2.45, 2.75) is 0 Å². The summed E-state index contributed by atoms with van der Waals surface area (Å²) in [5, 5.41) is 4.37.